The number of aryl methyl sites for hydroxylation is 3. The largest absolute Gasteiger partial charge is 0.478 e. The normalized spacial score (nSPS) is 16.5. The topological polar surface area (TPSA) is 110 Å². The van der Waals surface area contributed by atoms with Crippen LogP contribution in [-0.4, -0.2) is 56.0 Å². The average Bonchev–Trinajstić information content (AvgIpc) is 3.69. The van der Waals surface area contributed by atoms with Crippen LogP contribution in [0.2, 0.25) is 0 Å². The van der Waals surface area contributed by atoms with Crippen molar-refractivity contribution in [2.24, 2.45) is 0 Å². The number of piperidine rings is 1. The summed E-state index contributed by atoms with van der Waals surface area (Å²) in [5, 5.41) is 18.2. The molecule has 4 aromatic rings. The molecule has 6 rings (SSSR count). The Morgan fingerprint density at radius 2 is 1.78 bits per heavy atom. The summed E-state index contributed by atoms with van der Waals surface area (Å²) < 4.78 is 7.05. The highest BCUT2D eigenvalue weighted by atomic mass is 16.6. The molecule has 2 aromatic heterocycles. The number of anilines is 1. The summed E-state index contributed by atoms with van der Waals surface area (Å²) >= 11 is 0. The predicted octanol–water partition coefficient (Wildman–Crippen LogP) is 7.72. The van der Waals surface area contributed by atoms with Crippen molar-refractivity contribution in [2.45, 2.75) is 84.4 Å². The predicted molar refractivity (Wildman–Crippen MR) is 179 cm³/mol. The molecule has 9 heteroatoms. The molecule has 3 heterocycles. The minimum absolute atomic E-state index is 0.107. The Labute approximate surface area is 270 Å². The lowest BCUT2D eigenvalue weighted by Crippen LogP contribution is -2.39. The van der Waals surface area contributed by atoms with E-state index in [2.05, 4.69) is 53.7 Å². The molecule has 46 heavy (non-hydrogen) atoms. The lowest BCUT2D eigenvalue weighted by atomic mass is 9.85. The number of hydrogen-bond acceptors (Lipinski definition) is 6. The number of carbonyl (C=O) groups is 2. The number of ether oxygens (including phenoxy) is 1. The Balaban J connectivity index is 1.23. The molecule has 1 aliphatic heterocycles. The molecule has 0 saturated carbocycles. The number of aromatic nitrogens is 3. The van der Waals surface area contributed by atoms with Crippen molar-refractivity contribution in [1.82, 2.24) is 19.7 Å². The second-order valence-electron chi connectivity index (χ2n) is 12.5. The van der Waals surface area contributed by atoms with E-state index in [0.29, 0.717) is 36.9 Å². The maximum atomic E-state index is 12.4. The van der Waals surface area contributed by atoms with E-state index in [-0.39, 0.29) is 23.8 Å². The van der Waals surface area contributed by atoms with Gasteiger partial charge in [-0.3, -0.25) is 4.68 Å². The first-order chi connectivity index (χ1) is 22.2. The third kappa shape index (κ3) is 6.36. The van der Waals surface area contributed by atoms with Crippen LogP contribution >= 0.6 is 0 Å². The number of carbonyl (C=O) groups excluding carboxylic acids is 1. The van der Waals surface area contributed by atoms with Gasteiger partial charge in [0.25, 0.3) is 0 Å². The lowest BCUT2D eigenvalue weighted by Gasteiger charge is -2.33. The van der Waals surface area contributed by atoms with Gasteiger partial charge < -0.3 is 20.1 Å². The molecular formula is C37H43N5O4. The first-order valence-electron chi connectivity index (χ1n) is 16.5. The van der Waals surface area contributed by atoms with Gasteiger partial charge in [-0.1, -0.05) is 37.3 Å². The molecule has 2 N–H and O–H groups in total. The van der Waals surface area contributed by atoms with Crippen molar-refractivity contribution in [3.63, 3.8) is 0 Å². The number of nitrogens with zero attached hydrogens (tertiary/aromatic N) is 4. The summed E-state index contributed by atoms with van der Waals surface area (Å²) in [7, 11) is 0. The Kier molecular flexibility index (Phi) is 9.10. The van der Waals surface area contributed by atoms with Gasteiger partial charge in [0.15, 0.2) is 0 Å². The van der Waals surface area contributed by atoms with Crippen LogP contribution in [0, 0.1) is 0 Å². The summed E-state index contributed by atoms with van der Waals surface area (Å²) in [6, 6.07) is 19.0. The Morgan fingerprint density at radius 3 is 2.50 bits per heavy atom. The number of rotatable bonds is 9. The quantitative estimate of drug-likeness (QED) is 0.197. The van der Waals surface area contributed by atoms with Crippen molar-refractivity contribution >= 4 is 17.7 Å². The summed E-state index contributed by atoms with van der Waals surface area (Å²) in [6.07, 6.45) is 6.01. The van der Waals surface area contributed by atoms with Gasteiger partial charge in [-0.2, -0.15) is 5.10 Å². The lowest BCUT2D eigenvalue weighted by molar-refractivity contribution is 0.0684. The molecule has 1 unspecified atom stereocenters. The number of carboxylic acids is 1. The minimum atomic E-state index is -1.01. The molecule has 2 aromatic carbocycles. The maximum Gasteiger partial charge on any atom is 0.410 e. The van der Waals surface area contributed by atoms with Gasteiger partial charge in [0, 0.05) is 37.1 Å². The van der Waals surface area contributed by atoms with Crippen molar-refractivity contribution < 1.29 is 19.4 Å². The van der Waals surface area contributed by atoms with E-state index < -0.39 is 5.97 Å². The van der Waals surface area contributed by atoms with Gasteiger partial charge in [0.2, 0.25) is 0 Å². The second kappa shape index (κ2) is 13.4. The van der Waals surface area contributed by atoms with Gasteiger partial charge in [-0.15, -0.1) is 0 Å². The van der Waals surface area contributed by atoms with Crippen molar-refractivity contribution in [2.75, 3.05) is 18.4 Å². The molecule has 1 amide bonds. The molecule has 0 radical (unpaired) electrons. The van der Waals surface area contributed by atoms with Gasteiger partial charge in [-0.25, -0.2) is 14.6 Å². The number of nitrogens with one attached hydrogen (secondary N) is 1. The van der Waals surface area contributed by atoms with Gasteiger partial charge in [-0.05, 0) is 105 Å². The smallest absolute Gasteiger partial charge is 0.410 e. The first kappa shape index (κ1) is 31.3. The third-order valence-corrected chi connectivity index (χ3v) is 9.23. The third-order valence-electron chi connectivity index (χ3n) is 9.23. The molecule has 2 aliphatic rings. The molecule has 0 spiro atoms. The van der Waals surface area contributed by atoms with Crippen LogP contribution in [0.1, 0.15) is 91.5 Å². The molecule has 0 bridgehead atoms. The highest BCUT2D eigenvalue weighted by molar-refractivity contribution is 5.94. The fourth-order valence-electron chi connectivity index (χ4n) is 6.95. The summed E-state index contributed by atoms with van der Waals surface area (Å²) in [6.45, 7) is 9.92. The van der Waals surface area contributed by atoms with Gasteiger partial charge in [0.1, 0.15) is 11.3 Å². The number of fused-ring (bicyclic) bond motifs is 1. The van der Waals surface area contributed by atoms with Crippen LogP contribution in [0.25, 0.3) is 22.6 Å². The Bertz CT molecular complexity index is 1740. The van der Waals surface area contributed by atoms with Crippen molar-refractivity contribution in [1.29, 1.82) is 0 Å². The van der Waals surface area contributed by atoms with Crippen LogP contribution in [0.5, 0.6) is 0 Å². The van der Waals surface area contributed by atoms with Crippen molar-refractivity contribution in [3.8, 4) is 22.6 Å². The summed E-state index contributed by atoms with van der Waals surface area (Å²) in [5.74, 6) is -0.587. The van der Waals surface area contributed by atoms with E-state index in [1.165, 1.54) is 22.3 Å². The maximum absolute atomic E-state index is 12.4. The number of pyridine rings is 1. The van der Waals surface area contributed by atoms with E-state index in [0.717, 1.165) is 49.0 Å². The van der Waals surface area contributed by atoms with Gasteiger partial charge >= 0.3 is 12.1 Å². The zero-order valence-corrected chi connectivity index (χ0v) is 27.1. The molecule has 1 atom stereocenters. The van der Waals surface area contributed by atoms with Gasteiger partial charge in [0.05, 0.1) is 23.5 Å². The minimum Gasteiger partial charge on any atom is -0.478 e. The number of amides is 1. The highest BCUT2D eigenvalue weighted by Gasteiger charge is 2.29. The SMILES string of the molecule is CCc1cc(NC2CCc3cccc(-c4cccc(-c5nn(CC)cc5C(=O)O)n4)c32)ccc1C1CCN(C(=O)OC(C)C)CC1. The van der Waals surface area contributed by atoms with Crippen LogP contribution in [0.15, 0.2) is 60.8 Å². The standard InChI is InChI=1S/C37H43N5O4/c1-5-24-21-27(14-15-28(24)25-17-19-41(20-18-25)37(45)46-23(3)4)38-32-16-13-26-9-7-10-29(34(26)32)31-11-8-12-33(39-31)35-30(36(43)44)22-42(6-2)40-35/h7-12,14-15,21-23,25,32,38H,5-6,13,16-20H2,1-4H3,(H,43,44). The fraction of sp³-hybridized carbons (Fsp3) is 0.405. The number of carboxylic acid groups (broad SMARTS) is 1. The summed E-state index contributed by atoms with van der Waals surface area (Å²) in [5.41, 5.74) is 9.31. The molecule has 1 fully saturated rings. The number of likely N-dealkylation sites (tertiary alicyclic amines) is 1. The van der Waals surface area contributed by atoms with E-state index in [9.17, 15) is 14.7 Å². The van der Waals surface area contributed by atoms with Crippen LogP contribution in [-0.2, 0) is 24.1 Å². The van der Waals surface area contributed by atoms with E-state index in [1.54, 1.807) is 10.9 Å². The monoisotopic (exact) mass is 621 g/mol. The fourth-order valence-corrected chi connectivity index (χ4v) is 6.95. The zero-order valence-electron chi connectivity index (χ0n) is 27.1. The van der Waals surface area contributed by atoms with Crippen LogP contribution < -0.4 is 5.32 Å². The number of hydrogen-bond donors (Lipinski definition) is 2. The van der Waals surface area contributed by atoms with E-state index in [1.807, 2.05) is 43.9 Å². The second-order valence-corrected chi connectivity index (χ2v) is 12.5. The average molecular weight is 622 g/mol. The Hall–Kier alpha value is -4.66. The number of benzene rings is 2. The zero-order chi connectivity index (χ0) is 32.4. The number of aromatic carboxylic acids is 1. The molecule has 1 aliphatic carbocycles. The Morgan fingerprint density at radius 1 is 1.02 bits per heavy atom. The highest BCUT2D eigenvalue weighted by Crippen LogP contribution is 2.41. The van der Waals surface area contributed by atoms with Crippen LogP contribution in [0.3, 0.4) is 0 Å². The first-order valence-corrected chi connectivity index (χ1v) is 16.5. The van der Waals surface area contributed by atoms with Crippen molar-refractivity contribution in [3.05, 3.63) is 88.6 Å². The molecule has 9 nitrogen and oxygen atoms in total. The molecule has 1 saturated heterocycles. The van der Waals surface area contributed by atoms with Crippen LogP contribution in [0.4, 0.5) is 10.5 Å². The molecule has 240 valence electrons. The summed E-state index contributed by atoms with van der Waals surface area (Å²) in [4.78, 5) is 31.1. The van der Waals surface area contributed by atoms with E-state index in [4.69, 9.17) is 9.72 Å². The van der Waals surface area contributed by atoms with E-state index >= 15 is 0 Å². The molecular weight excluding hydrogens is 578 g/mol.